The Morgan fingerprint density at radius 3 is 2.97 bits per heavy atom. The fourth-order valence-electron chi connectivity index (χ4n) is 3.69. The van der Waals surface area contributed by atoms with E-state index in [0.717, 1.165) is 0 Å². The van der Waals surface area contributed by atoms with Crippen LogP contribution < -0.4 is 5.73 Å². The van der Waals surface area contributed by atoms with Gasteiger partial charge in [-0.25, -0.2) is 13.8 Å². The van der Waals surface area contributed by atoms with Crippen LogP contribution in [0.1, 0.15) is 23.7 Å². The summed E-state index contributed by atoms with van der Waals surface area (Å²) < 4.78 is 35.3. The number of halogens is 2. The number of nitrogens with two attached hydrogens (primary N) is 1. The van der Waals surface area contributed by atoms with Gasteiger partial charge in [-0.1, -0.05) is 24.4 Å². The van der Waals surface area contributed by atoms with Crippen molar-refractivity contribution in [1.29, 1.82) is 0 Å². The van der Waals surface area contributed by atoms with Crippen LogP contribution in [0.15, 0.2) is 35.6 Å². The lowest BCUT2D eigenvalue weighted by atomic mass is 9.78. The molecular weight excluding hydrogens is 396 g/mol. The number of nitrogens with zero attached hydrogens (tertiary/aromatic N) is 4. The highest BCUT2D eigenvalue weighted by Gasteiger charge is 2.52. The van der Waals surface area contributed by atoms with Crippen molar-refractivity contribution in [3.8, 4) is 0 Å². The van der Waals surface area contributed by atoms with Crippen LogP contribution in [0.4, 0.5) is 14.6 Å². The molecule has 0 aliphatic carbocycles. The van der Waals surface area contributed by atoms with E-state index in [1.54, 1.807) is 6.07 Å². The summed E-state index contributed by atoms with van der Waals surface area (Å²) in [6, 6.07) is 4.36. The molecule has 0 amide bonds. The van der Waals surface area contributed by atoms with E-state index >= 15 is 0 Å². The minimum Gasteiger partial charge on any atom is -0.379 e. The van der Waals surface area contributed by atoms with Gasteiger partial charge in [-0.15, -0.1) is 4.98 Å². The standard InChI is InChI=1S/C20H17F2N5OS/c1-11-14-9-29-19(23)27-20(14,10-28-11)13-5-12(3-4-15(13)21)6-16(22)17-7-26-18(24-2)8-25-17/h3-8,11,14H,9-10H2,1H3,(H2,23,27)/b16-6-/t11-,14-,20-/m1/s1. The van der Waals surface area contributed by atoms with Crippen molar-refractivity contribution in [2.24, 2.45) is 16.6 Å². The molecule has 0 radical (unpaired) electrons. The lowest BCUT2D eigenvalue weighted by molar-refractivity contribution is 0.107. The van der Waals surface area contributed by atoms with Gasteiger partial charge in [0, 0.05) is 17.2 Å². The molecule has 0 spiro atoms. The molecule has 6 nitrogen and oxygen atoms in total. The quantitative estimate of drug-likeness (QED) is 0.772. The predicted molar refractivity (Wildman–Crippen MR) is 108 cm³/mol. The van der Waals surface area contributed by atoms with Gasteiger partial charge in [-0.05, 0) is 30.7 Å². The largest absolute Gasteiger partial charge is 0.379 e. The van der Waals surface area contributed by atoms with E-state index in [0.29, 0.717) is 22.0 Å². The van der Waals surface area contributed by atoms with E-state index in [2.05, 4.69) is 19.8 Å². The third kappa shape index (κ3) is 3.50. The topological polar surface area (TPSA) is 77.8 Å². The maximum absolute atomic E-state index is 14.8. The van der Waals surface area contributed by atoms with Gasteiger partial charge >= 0.3 is 0 Å². The van der Waals surface area contributed by atoms with Crippen LogP contribution in [0.25, 0.3) is 16.7 Å². The van der Waals surface area contributed by atoms with Crippen molar-refractivity contribution in [1.82, 2.24) is 9.97 Å². The highest BCUT2D eigenvalue weighted by molar-refractivity contribution is 8.13. The third-order valence-corrected chi connectivity index (χ3v) is 6.13. The molecule has 2 N–H and O–H groups in total. The fraction of sp³-hybridized carbons (Fsp3) is 0.300. The minimum absolute atomic E-state index is 0.00605. The molecule has 2 aromatic rings. The Morgan fingerprint density at radius 1 is 1.41 bits per heavy atom. The number of aromatic nitrogens is 2. The number of hydrogen-bond donors (Lipinski definition) is 1. The number of ether oxygens (including phenoxy) is 1. The first-order valence-electron chi connectivity index (χ1n) is 8.90. The van der Waals surface area contributed by atoms with Gasteiger partial charge in [-0.3, -0.25) is 4.98 Å². The smallest absolute Gasteiger partial charge is 0.287 e. The summed E-state index contributed by atoms with van der Waals surface area (Å²) >= 11 is 1.43. The van der Waals surface area contributed by atoms with Gasteiger partial charge in [0.05, 0.1) is 18.9 Å². The summed E-state index contributed by atoms with van der Waals surface area (Å²) in [4.78, 5) is 15.4. The van der Waals surface area contributed by atoms with Crippen LogP contribution in [0, 0.1) is 18.3 Å². The first kappa shape index (κ1) is 19.5. The van der Waals surface area contributed by atoms with Crippen LogP contribution >= 0.6 is 11.8 Å². The zero-order valence-electron chi connectivity index (χ0n) is 15.5. The third-order valence-electron chi connectivity index (χ3n) is 5.21. The van der Waals surface area contributed by atoms with Crippen molar-refractivity contribution in [2.75, 3.05) is 12.4 Å². The lowest BCUT2D eigenvalue weighted by Crippen LogP contribution is -2.41. The van der Waals surface area contributed by atoms with Gasteiger partial charge < -0.3 is 15.3 Å². The molecule has 1 fully saturated rings. The molecule has 2 aliphatic heterocycles. The molecule has 0 saturated carbocycles. The summed E-state index contributed by atoms with van der Waals surface area (Å²) in [7, 11) is 0. The maximum atomic E-state index is 14.8. The van der Waals surface area contributed by atoms with E-state index in [9.17, 15) is 8.78 Å². The molecule has 0 unspecified atom stereocenters. The summed E-state index contributed by atoms with van der Waals surface area (Å²) in [5, 5.41) is 0.389. The molecule has 9 heteroatoms. The Labute approximate surface area is 170 Å². The Kier molecular flexibility index (Phi) is 5.06. The Bertz CT molecular complexity index is 1050. The molecule has 0 bridgehead atoms. The monoisotopic (exact) mass is 413 g/mol. The molecule has 148 valence electrons. The van der Waals surface area contributed by atoms with Crippen molar-refractivity contribution < 1.29 is 13.5 Å². The molecule has 29 heavy (non-hydrogen) atoms. The van der Waals surface area contributed by atoms with E-state index < -0.39 is 17.2 Å². The number of amidine groups is 1. The molecule has 4 rings (SSSR count). The maximum Gasteiger partial charge on any atom is 0.287 e. The summed E-state index contributed by atoms with van der Waals surface area (Å²) in [6.45, 7) is 9.04. The Balaban J connectivity index is 1.74. The zero-order chi connectivity index (χ0) is 20.6. The van der Waals surface area contributed by atoms with Gasteiger partial charge in [0.2, 0.25) is 0 Å². The molecule has 1 aromatic carbocycles. The lowest BCUT2D eigenvalue weighted by Gasteiger charge is -2.35. The molecular formula is C20H17F2N5OS. The average Bonchev–Trinajstić information content (AvgIpc) is 3.06. The highest BCUT2D eigenvalue weighted by Crippen LogP contribution is 2.48. The number of thioether (sulfide) groups is 1. The number of hydrogen-bond acceptors (Lipinski definition) is 6. The van der Waals surface area contributed by atoms with Crippen molar-refractivity contribution in [2.45, 2.75) is 18.6 Å². The van der Waals surface area contributed by atoms with Crippen LogP contribution in [0.2, 0.25) is 0 Å². The summed E-state index contributed by atoms with van der Waals surface area (Å²) in [5.74, 6) is -0.358. The predicted octanol–water partition coefficient (Wildman–Crippen LogP) is 3.93. The average molecular weight is 413 g/mol. The van der Waals surface area contributed by atoms with Gasteiger partial charge in [0.15, 0.2) is 11.0 Å². The summed E-state index contributed by atoms with van der Waals surface area (Å²) in [6.07, 6.45) is 3.55. The highest BCUT2D eigenvalue weighted by atomic mass is 32.2. The number of benzene rings is 1. The van der Waals surface area contributed by atoms with Gasteiger partial charge in [-0.2, -0.15) is 0 Å². The second-order valence-corrected chi connectivity index (χ2v) is 7.95. The van der Waals surface area contributed by atoms with Gasteiger partial charge in [0.25, 0.3) is 5.82 Å². The summed E-state index contributed by atoms with van der Waals surface area (Å²) in [5.41, 5.74) is 5.82. The first-order chi connectivity index (χ1) is 13.9. The van der Waals surface area contributed by atoms with Crippen molar-refractivity contribution >= 4 is 34.7 Å². The number of fused-ring (bicyclic) bond motifs is 1. The van der Waals surface area contributed by atoms with E-state index in [1.807, 2.05) is 6.92 Å². The first-order valence-corrected chi connectivity index (χ1v) is 9.88. The van der Waals surface area contributed by atoms with E-state index in [4.69, 9.17) is 17.0 Å². The van der Waals surface area contributed by atoms with Crippen LogP contribution in [0.3, 0.4) is 0 Å². The molecule has 2 aliphatic rings. The van der Waals surface area contributed by atoms with Crippen LogP contribution in [0.5, 0.6) is 0 Å². The minimum atomic E-state index is -0.920. The van der Waals surface area contributed by atoms with E-state index in [-0.39, 0.29) is 30.1 Å². The second-order valence-electron chi connectivity index (χ2n) is 6.91. The van der Waals surface area contributed by atoms with Crippen molar-refractivity contribution in [3.05, 3.63) is 64.6 Å². The molecule has 1 saturated heterocycles. The van der Waals surface area contributed by atoms with Crippen molar-refractivity contribution in [3.63, 3.8) is 0 Å². The van der Waals surface area contributed by atoms with Crippen LogP contribution in [-0.4, -0.2) is 33.6 Å². The van der Waals surface area contributed by atoms with E-state index in [1.165, 1.54) is 42.4 Å². The SMILES string of the molecule is [C-]#[N+]c1cnc(/C(F)=C/c2ccc(F)c([C@]34CO[C@H](C)[C@H]3CSC(N)=N4)c2)cn1. The fourth-order valence-corrected chi connectivity index (χ4v) is 4.81. The number of rotatable bonds is 3. The molecule has 3 atom stereocenters. The molecule has 1 aromatic heterocycles. The van der Waals surface area contributed by atoms with Crippen LogP contribution in [-0.2, 0) is 10.3 Å². The Morgan fingerprint density at radius 2 is 2.24 bits per heavy atom. The number of aliphatic imine (C=N–C) groups is 1. The zero-order valence-corrected chi connectivity index (χ0v) is 16.3. The normalized spacial score (nSPS) is 26.6. The molecule has 3 heterocycles. The van der Waals surface area contributed by atoms with Gasteiger partial charge in [0.1, 0.15) is 23.2 Å². The second kappa shape index (κ2) is 7.54. The Hall–Kier alpha value is -2.83.